The summed E-state index contributed by atoms with van der Waals surface area (Å²) >= 11 is 0. The monoisotopic (exact) mass is 339 g/mol. The number of ether oxygens (including phenoxy) is 2. The zero-order valence-electron chi connectivity index (χ0n) is 13.5. The molecule has 1 fully saturated rings. The highest BCUT2D eigenvalue weighted by molar-refractivity contribution is 5.84. The van der Waals surface area contributed by atoms with Crippen molar-refractivity contribution in [1.29, 1.82) is 0 Å². The first kappa shape index (κ1) is 15.7. The van der Waals surface area contributed by atoms with Gasteiger partial charge in [0.1, 0.15) is 5.75 Å². The van der Waals surface area contributed by atoms with Gasteiger partial charge in [0.25, 0.3) is 0 Å². The van der Waals surface area contributed by atoms with Crippen LogP contribution >= 0.6 is 0 Å². The number of carboxylic acid groups (broad SMARTS) is 1. The number of morpholine rings is 1. The van der Waals surface area contributed by atoms with Crippen LogP contribution in [0.1, 0.15) is 11.1 Å². The van der Waals surface area contributed by atoms with Gasteiger partial charge in [-0.05, 0) is 29.2 Å². The van der Waals surface area contributed by atoms with Crippen LogP contribution in [-0.2, 0) is 16.0 Å². The highest BCUT2D eigenvalue weighted by Crippen LogP contribution is 2.42. The largest absolute Gasteiger partial charge is 0.479 e. The molecular weight excluding hydrogens is 322 g/mol. The van der Waals surface area contributed by atoms with Gasteiger partial charge < -0.3 is 19.5 Å². The Morgan fingerprint density at radius 2 is 1.92 bits per heavy atom. The zero-order valence-corrected chi connectivity index (χ0v) is 13.5. The summed E-state index contributed by atoms with van der Waals surface area (Å²) in [5.41, 5.74) is 4.34. The Morgan fingerprint density at radius 3 is 2.76 bits per heavy atom. The summed E-state index contributed by atoms with van der Waals surface area (Å²) in [4.78, 5) is 24.9. The fourth-order valence-corrected chi connectivity index (χ4v) is 3.36. The van der Waals surface area contributed by atoms with Gasteiger partial charge >= 0.3 is 12.1 Å². The number of aliphatic carboxylic acids is 1. The summed E-state index contributed by atoms with van der Waals surface area (Å²) in [5.74, 6) is -0.571. The van der Waals surface area contributed by atoms with E-state index in [9.17, 15) is 9.59 Å². The van der Waals surface area contributed by atoms with E-state index in [0.717, 1.165) is 23.1 Å². The minimum atomic E-state index is -1.08. The lowest BCUT2D eigenvalue weighted by molar-refractivity contribution is -0.154. The predicted molar refractivity (Wildman–Crippen MR) is 89.7 cm³/mol. The molecule has 1 saturated heterocycles. The molecule has 1 unspecified atom stereocenters. The first-order valence-corrected chi connectivity index (χ1v) is 8.15. The summed E-state index contributed by atoms with van der Waals surface area (Å²) in [6.45, 7) is 0.482. The first-order chi connectivity index (χ1) is 12.1. The number of carboxylic acids is 1. The molecule has 0 aromatic heterocycles. The Morgan fingerprint density at radius 1 is 1.12 bits per heavy atom. The van der Waals surface area contributed by atoms with Gasteiger partial charge in [-0.2, -0.15) is 0 Å². The van der Waals surface area contributed by atoms with Gasteiger partial charge in [0.2, 0.25) is 0 Å². The summed E-state index contributed by atoms with van der Waals surface area (Å²) in [6.07, 6.45) is -0.744. The lowest BCUT2D eigenvalue weighted by Gasteiger charge is -2.30. The highest BCUT2D eigenvalue weighted by Gasteiger charge is 2.31. The van der Waals surface area contributed by atoms with Crippen LogP contribution in [0, 0.1) is 0 Å². The van der Waals surface area contributed by atoms with E-state index in [1.54, 1.807) is 6.07 Å². The Labute approximate surface area is 144 Å². The molecule has 0 spiro atoms. The molecule has 2 aromatic carbocycles. The van der Waals surface area contributed by atoms with E-state index in [-0.39, 0.29) is 13.2 Å². The second kappa shape index (κ2) is 6.22. The summed E-state index contributed by atoms with van der Waals surface area (Å²) in [5, 5.41) is 9.06. The fourth-order valence-electron chi connectivity index (χ4n) is 3.36. The number of hydrogen-bond donors (Lipinski definition) is 1. The first-order valence-electron chi connectivity index (χ1n) is 8.15. The molecule has 6 nitrogen and oxygen atoms in total. The van der Waals surface area contributed by atoms with Crippen molar-refractivity contribution in [3.8, 4) is 16.9 Å². The van der Waals surface area contributed by atoms with E-state index in [2.05, 4.69) is 6.07 Å². The molecule has 2 aromatic rings. The van der Waals surface area contributed by atoms with Crippen molar-refractivity contribution in [2.24, 2.45) is 0 Å². The molecule has 1 N–H and O–H groups in total. The van der Waals surface area contributed by atoms with Crippen LogP contribution in [0.2, 0.25) is 0 Å². The van der Waals surface area contributed by atoms with Crippen molar-refractivity contribution < 1.29 is 24.2 Å². The topological polar surface area (TPSA) is 76.1 Å². The van der Waals surface area contributed by atoms with Crippen molar-refractivity contribution in [2.75, 3.05) is 19.7 Å². The van der Waals surface area contributed by atoms with Crippen LogP contribution in [0.25, 0.3) is 11.1 Å². The molecule has 0 bridgehead atoms. The third-order valence-electron chi connectivity index (χ3n) is 4.58. The van der Waals surface area contributed by atoms with Crippen molar-refractivity contribution in [3.63, 3.8) is 0 Å². The summed E-state index contributed by atoms with van der Waals surface area (Å²) in [6, 6.07) is 13.7. The molecule has 1 heterocycles. The predicted octanol–water partition coefficient (Wildman–Crippen LogP) is 2.54. The van der Waals surface area contributed by atoms with Crippen LogP contribution in [0.15, 0.2) is 42.5 Å². The molecule has 1 aliphatic heterocycles. The number of carbonyl (C=O) groups is 2. The Kier molecular flexibility index (Phi) is 3.89. The van der Waals surface area contributed by atoms with Gasteiger partial charge in [-0.15, -0.1) is 0 Å². The lowest BCUT2D eigenvalue weighted by Crippen LogP contribution is -2.49. The number of fused-ring (bicyclic) bond motifs is 3. The number of amides is 1. The number of benzene rings is 2. The van der Waals surface area contributed by atoms with Crippen LogP contribution in [0.4, 0.5) is 4.79 Å². The maximum Gasteiger partial charge on any atom is 0.415 e. The van der Waals surface area contributed by atoms with E-state index in [1.807, 2.05) is 30.3 Å². The second-order valence-corrected chi connectivity index (χ2v) is 6.14. The fraction of sp³-hybridized carbons (Fsp3) is 0.263. The molecule has 2 aliphatic rings. The van der Waals surface area contributed by atoms with Crippen molar-refractivity contribution in [1.82, 2.24) is 4.90 Å². The van der Waals surface area contributed by atoms with Gasteiger partial charge in [-0.1, -0.05) is 36.4 Å². The molecule has 1 amide bonds. The van der Waals surface area contributed by atoms with Crippen LogP contribution in [-0.4, -0.2) is 47.9 Å². The Hall–Kier alpha value is -2.86. The molecule has 6 heteroatoms. The normalized spacial score (nSPS) is 18.4. The maximum atomic E-state index is 12.5. The molecule has 128 valence electrons. The second-order valence-electron chi connectivity index (χ2n) is 6.14. The minimum absolute atomic E-state index is 0.0141. The molecule has 0 saturated carbocycles. The van der Waals surface area contributed by atoms with Crippen molar-refractivity contribution >= 4 is 12.1 Å². The van der Waals surface area contributed by atoms with E-state index in [4.69, 9.17) is 14.6 Å². The van der Waals surface area contributed by atoms with Crippen LogP contribution in [0.5, 0.6) is 5.75 Å². The van der Waals surface area contributed by atoms with Crippen LogP contribution in [0.3, 0.4) is 0 Å². The van der Waals surface area contributed by atoms with E-state index < -0.39 is 18.2 Å². The number of hydrogen-bond acceptors (Lipinski definition) is 4. The molecule has 25 heavy (non-hydrogen) atoms. The van der Waals surface area contributed by atoms with Gasteiger partial charge in [0.15, 0.2) is 6.10 Å². The third-order valence-corrected chi connectivity index (χ3v) is 4.58. The smallest absolute Gasteiger partial charge is 0.415 e. The molecule has 0 radical (unpaired) electrons. The molecule has 1 aliphatic carbocycles. The molecular formula is C19H17NO5. The van der Waals surface area contributed by atoms with Crippen molar-refractivity contribution in [3.05, 3.63) is 53.6 Å². The molecule has 4 rings (SSSR count). The number of rotatable bonds is 2. The maximum absolute atomic E-state index is 12.5. The highest BCUT2D eigenvalue weighted by atomic mass is 16.6. The van der Waals surface area contributed by atoms with E-state index in [0.29, 0.717) is 12.3 Å². The minimum Gasteiger partial charge on any atom is -0.479 e. The van der Waals surface area contributed by atoms with E-state index >= 15 is 0 Å². The van der Waals surface area contributed by atoms with Crippen LogP contribution < -0.4 is 4.74 Å². The van der Waals surface area contributed by atoms with Crippen molar-refractivity contribution in [2.45, 2.75) is 12.5 Å². The summed E-state index contributed by atoms with van der Waals surface area (Å²) in [7, 11) is 0. The third kappa shape index (κ3) is 2.85. The Balaban J connectivity index is 1.58. The standard InChI is InChI=1S/C19H17NO5/c21-18(22)16-11-20(8-9-24-16)19(23)25-15-7-3-5-13-10-12-4-1-2-6-14(12)17(13)15/h1-7,16H,8-11H2,(H,21,22). The average molecular weight is 339 g/mol. The van der Waals surface area contributed by atoms with Gasteiger partial charge in [-0.25, -0.2) is 9.59 Å². The zero-order chi connectivity index (χ0) is 17.4. The summed E-state index contributed by atoms with van der Waals surface area (Å²) < 4.78 is 10.8. The average Bonchev–Trinajstić information content (AvgIpc) is 3.01. The van der Waals surface area contributed by atoms with Gasteiger partial charge in [0, 0.05) is 12.1 Å². The lowest BCUT2D eigenvalue weighted by atomic mass is 10.1. The quantitative estimate of drug-likeness (QED) is 0.776. The number of nitrogens with zero attached hydrogens (tertiary/aromatic N) is 1. The SMILES string of the molecule is O=C(O)C1CN(C(=O)Oc2cccc3c2-c2ccccc2C3)CCO1. The van der Waals surface area contributed by atoms with Gasteiger partial charge in [-0.3, -0.25) is 0 Å². The molecule has 1 atom stereocenters. The Bertz CT molecular complexity index is 847. The van der Waals surface area contributed by atoms with Gasteiger partial charge in [0.05, 0.1) is 13.2 Å². The van der Waals surface area contributed by atoms with E-state index in [1.165, 1.54) is 10.5 Å². The number of carbonyl (C=O) groups excluding carboxylic acids is 1.